The number of aromatic nitrogens is 1. The third kappa shape index (κ3) is 5.36. The molecular formula is C17H21N3O. The predicted molar refractivity (Wildman–Crippen MR) is 84.3 cm³/mol. The lowest BCUT2D eigenvalue weighted by Crippen LogP contribution is -2.32. The number of amides is 1. The first kappa shape index (κ1) is 15.2. The van der Waals surface area contributed by atoms with Gasteiger partial charge in [-0.15, -0.1) is 0 Å². The predicted octanol–water partition coefficient (Wildman–Crippen LogP) is 1.95. The zero-order valence-corrected chi connectivity index (χ0v) is 12.3. The van der Waals surface area contributed by atoms with Gasteiger partial charge in [0, 0.05) is 43.5 Å². The Kier molecular flexibility index (Phi) is 5.91. The monoisotopic (exact) mass is 283 g/mol. The first-order valence-corrected chi connectivity index (χ1v) is 7.21. The van der Waals surface area contributed by atoms with Crippen LogP contribution in [0.25, 0.3) is 0 Å². The van der Waals surface area contributed by atoms with Gasteiger partial charge in [-0.25, -0.2) is 0 Å². The van der Waals surface area contributed by atoms with Crippen molar-refractivity contribution in [3.63, 3.8) is 0 Å². The zero-order valence-electron chi connectivity index (χ0n) is 12.3. The Bertz CT molecular complexity index is 552. The number of nitrogens with zero attached hydrogens (tertiary/aromatic N) is 1. The summed E-state index contributed by atoms with van der Waals surface area (Å²) in [6, 6.07) is 13.5. The number of hydrogen-bond donors (Lipinski definition) is 2. The molecule has 0 aliphatic carbocycles. The molecule has 110 valence electrons. The van der Waals surface area contributed by atoms with Crippen LogP contribution in [0.3, 0.4) is 0 Å². The van der Waals surface area contributed by atoms with Gasteiger partial charge in [0.2, 0.25) is 0 Å². The van der Waals surface area contributed by atoms with Crippen molar-refractivity contribution in [3.8, 4) is 0 Å². The molecule has 4 heteroatoms. The van der Waals surface area contributed by atoms with Gasteiger partial charge in [-0.2, -0.15) is 0 Å². The van der Waals surface area contributed by atoms with Crippen molar-refractivity contribution in [1.29, 1.82) is 0 Å². The fourth-order valence-electron chi connectivity index (χ4n) is 1.96. The molecule has 1 heterocycles. The number of hydrogen-bond acceptors (Lipinski definition) is 3. The summed E-state index contributed by atoms with van der Waals surface area (Å²) in [4.78, 5) is 16.1. The Morgan fingerprint density at radius 3 is 2.57 bits per heavy atom. The zero-order chi connectivity index (χ0) is 14.9. The molecule has 21 heavy (non-hydrogen) atoms. The second-order valence-corrected chi connectivity index (χ2v) is 4.94. The Balaban J connectivity index is 1.59. The maximum absolute atomic E-state index is 11.9. The molecule has 0 spiro atoms. The standard InChI is InChI=1S/C17H21N3O/c1-14-5-7-15(8-6-14)17(21)20-13-12-18-11-9-16-4-2-3-10-19-16/h2-8,10,18H,9,11-13H2,1H3,(H,20,21). The molecule has 0 bridgehead atoms. The molecule has 0 radical (unpaired) electrons. The third-order valence-electron chi connectivity index (χ3n) is 3.19. The van der Waals surface area contributed by atoms with E-state index in [4.69, 9.17) is 0 Å². The Labute approximate surface area is 125 Å². The SMILES string of the molecule is Cc1ccc(C(=O)NCCNCCc2ccccn2)cc1. The average Bonchev–Trinajstić information content (AvgIpc) is 2.52. The molecule has 2 aromatic rings. The van der Waals surface area contributed by atoms with Crippen LogP contribution >= 0.6 is 0 Å². The van der Waals surface area contributed by atoms with Crippen LogP contribution < -0.4 is 10.6 Å². The maximum Gasteiger partial charge on any atom is 0.251 e. The average molecular weight is 283 g/mol. The van der Waals surface area contributed by atoms with Crippen LogP contribution in [0.1, 0.15) is 21.6 Å². The summed E-state index contributed by atoms with van der Waals surface area (Å²) >= 11 is 0. The number of aryl methyl sites for hydroxylation is 1. The quantitative estimate of drug-likeness (QED) is 0.764. The van der Waals surface area contributed by atoms with E-state index in [1.54, 1.807) is 6.20 Å². The van der Waals surface area contributed by atoms with Crippen molar-refractivity contribution < 1.29 is 4.79 Å². The highest BCUT2D eigenvalue weighted by atomic mass is 16.1. The molecule has 2 rings (SSSR count). The van der Waals surface area contributed by atoms with Crippen LogP contribution in [0, 0.1) is 6.92 Å². The molecule has 1 amide bonds. The Hall–Kier alpha value is -2.20. The Morgan fingerprint density at radius 1 is 1.05 bits per heavy atom. The van der Waals surface area contributed by atoms with Gasteiger partial charge in [0.15, 0.2) is 0 Å². The van der Waals surface area contributed by atoms with E-state index in [2.05, 4.69) is 15.6 Å². The molecule has 0 unspecified atom stereocenters. The molecule has 0 saturated heterocycles. The molecule has 4 nitrogen and oxygen atoms in total. The molecule has 1 aromatic heterocycles. The fourth-order valence-corrected chi connectivity index (χ4v) is 1.96. The highest BCUT2D eigenvalue weighted by molar-refractivity contribution is 5.94. The van der Waals surface area contributed by atoms with Crippen LogP contribution in [-0.4, -0.2) is 30.5 Å². The van der Waals surface area contributed by atoms with Crippen molar-refractivity contribution in [2.45, 2.75) is 13.3 Å². The largest absolute Gasteiger partial charge is 0.351 e. The summed E-state index contributed by atoms with van der Waals surface area (Å²) in [6.45, 7) is 4.24. The molecule has 0 aliphatic rings. The van der Waals surface area contributed by atoms with E-state index in [0.29, 0.717) is 12.1 Å². The van der Waals surface area contributed by atoms with Crippen LogP contribution in [0.5, 0.6) is 0 Å². The number of benzene rings is 1. The first-order chi connectivity index (χ1) is 10.3. The minimum Gasteiger partial charge on any atom is -0.351 e. The Morgan fingerprint density at radius 2 is 1.86 bits per heavy atom. The fraction of sp³-hybridized carbons (Fsp3) is 0.294. The van der Waals surface area contributed by atoms with Crippen LogP contribution in [0.4, 0.5) is 0 Å². The van der Waals surface area contributed by atoms with E-state index in [-0.39, 0.29) is 5.91 Å². The number of rotatable bonds is 7. The summed E-state index contributed by atoms with van der Waals surface area (Å²) in [5.74, 6) is -0.0264. The van der Waals surface area contributed by atoms with Crippen molar-refractivity contribution in [1.82, 2.24) is 15.6 Å². The normalized spacial score (nSPS) is 10.3. The molecule has 0 fully saturated rings. The number of nitrogens with one attached hydrogen (secondary N) is 2. The van der Waals surface area contributed by atoms with E-state index < -0.39 is 0 Å². The van der Waals surface area contributed by atoms with Gasteiger partial charge in [0.25, 0.3) is 5.91 Å². The van der Waals surface area contributed by atoms with E-state index in [1.165, 1.54) is 0 Å². The highest BCUT2D eigenvalue weighted by Gasteiger charge is 2.03. The minimum absolute atomic E-state index is 0.0264. The number of carbonyl (C=O) groups excluding carboxylic acids is 1. The van der Waals surface area contributed by atoms with Crippen molar-refractivity contribution >= 4 is 5.91 Å². The maximum atomic E-state index is 11.9. The van der Waals surface area contributed by atoms with Gasteiger partial charge in [-0.1, -0.05) is 23.8 Å². The molecular weight excluding hydrogens is 262 g/mol. The van der Waals surface area contributed by atoms with E-state index in [0.717, 1.165) is 30.8 Å². The lowest BCUT2D eigenvalue weighted by molar-refractivity contribution is 0.0954. The second-order valence-electron chi connectivity index (χ2n) is 4.94. The number of carbonyl (C=O) groups is 1. The smallest absolute Gasteiger partial charge is 0.251 e. The molecule has 0 atom stereocenters. The van der Waals surface area contributed by atoms with Gasteiger partial charge < -0.3 is 10.6 Å². The van der Waals surface area contributed by atoms with Crippen LogP contribution in [0.15, 0.2) is 48.7 Å². The topological polar surface area (TPSA) is 54.0 Å². The van der Waals surface area contributed by atoms with E-state index in [1.807, 2.05) is 49.4 Å². The molecule has 0 aliphatic heterocycles. The molecule has 0 saturated carbocycles. The van der Waals surface area contributed by atoms with Gasteiger partial charge in [-0.3, -0.25) is 9.78 Å². The lowest BCUT2D eigenvalue weighted by Gasteiger charge is -2.07. The molecule has 2 N–H and O–H groups in total. The van der Waals surface area contributed by atoms with Gasteiger partial charge in [-0.05, 0) is 31.2 Å². The molecule has 1 aromatic carbocycles. The minimum atomic E-state index is -0.0264. The number of pyridine rings is 1. The summed E-state index contributed by atoms with van der Waals surface area (Å²) in [5.41, 5.74) is 2.94. The second kappa shape index (κ2) is 8.17. The lowest BCUT2D eigenvalue weighted by atomic mass is 10.1. The summed E-state index contributed by atoms with van der Waals surface area (Å²) in [7, 11) is 0. The van der Waals surface area contributed by atoms with Gasteiger partial charge in [0.1, 0.15) is 0 Å². The van der Waals surface area contributed by atoms with Crippen molar-refractivity contribution in [2.75, 3.05) is 19.6 Å². The highest BCUT2D eigenvalue weighted by Crippen LogP contribution is 2.02. The third-order valence-corrected chi connectivity index (χ3v) is 3.19. The van der Waals surface area contributed by atoms with E-state index >= 15 is 0 Å². The van der Waals surface area contributed by atoms with Gasteiger partial charge in [0.05, 0.1) is 0 Å². The van der Waals surface area contributed by atoms with Crippen LogP contribution in [-0.2, 0) is 6.42 Å². The summed E-state index contributed by atoms with van der Waals surface area (Å²) < 4.78 is 0. The summed E-state index contributed by atoms with van der Waals surface area (Å²) in [5, 5.41) is 6.20. The van der Waals surface area contributed by atoms with Crippen molar-refractivity contribution in [3.05, 3.63) is 65.5 Å². The van der Waals surface area contributed by atoms with Crippen LogP contribution in [0.2, 0.25) is 0 Å². The van der Waals surface area contributed by atoms with E-state index in [9.17, 15) is 4.79 Å². The first-order valence-electron chi connectivity index (χ1n) is 7.21. The summed E-state index contributed by atoms with van der Waals surface area (Å²) in [6.07, 6.45) is 2.70. The van der Waals surface area contributed by atoms with Gasteiger partial charge >= 0.3 is 0 Å². The van der Waals surface area contributed by atoms with Crippen molar-refractivity contribution in [2.24, 2.45) is 0 Å².